The summed E-state index contributed by atoms with van der Waals surface area (Å²) in [5, 5.41) is 4.02. The molecule has 0 spiro atoms. The minimum absolute atomic E-state index is 0.00737. The predicted molar refractivity (Wildman–Crippen MR) is 93.4 cm³/mol. The van der Waals surface area contributed by atoms with E-state index in [1.807, 2.05) is 16.8 Å². The molecule has 0 saturated heterocycles. The Morgan fingerprint density at radius 2 is 2.04 bits per heavy atom. The molecule has 25 heavy (non-hydrogen) atoms. The summed E-state index contributed by atoms with van der Waals surface area (Å²) in [6.45, 7) is -0.444. The van der Waals surface area contributed by atoms with Gasteiger partial charge in [-0.15, -0.1) is 0 Å². The number of carbonyl (C=O) groups is 1. The number of hydrogen-bond acceptors (Lipinski definition) is 4. The van der Waals surface area contributed by atoms with Gasteiger partial charge in [0.05, 0.1) is 6.61 Å². The lowest BCUT2D eigenvalue weighted by Crippen LogP contribution is -2.26. The highest BCUT2D eigenvalue weighted by Crippen LogP contribution is 2.30. The summed E-state index contributed by atoms with van der Waals surface area (Å²) in [7, 11) is 1.72. The fourth-order valence-corrected chi connectivity index (χ4v) is 3.05. The van der Waals surface area contributed by atoms with E-state index in [4.69, 9.17) is 4.74 Å². The number of amides is 1. The zero-order chi connectivity index (χ0) is 18.2. The van der Waals surface area contributed by atoms with E-state index in [1.54, 1.807) is 42.3 Å². The predicted octanol–water partition coefficient (Wildman–Crippen LogP) is 4.34. The first-order chi connectivity index (χ1) is 12.0. The van der Waals surface area contributed by atoms with Crippen molar-refractivity contribution in [2.75, 3.05) is 13.7 Å². The van der Waals surface area contributed by atoms with Gasteiger partial charge in [0.1, 0.15) is 0 Å². The third-order valence-electron chi connectivity index (χ3n) is 3.58. The molecule has 0 N–H and O–H groups in total. The molecule has 0 fully saturated rings. The van der Waals surface area contributed by atoms with E-state index in [1.165, 1.54) is 6.07 Å². The second kappa shape index (κ2) is 9.36. The van der Waals surface area contributed by atoms with Crippen LogP contribution < -0.4 is 9.47 Å². The maximum Gasteiger partial charge on any atom is 0.387 e. The van der Waals surface area contributed by atoms with Crippen LogP contribution in [0.3, 0.4) is 0 Å². The molecule has 0 bridgehead atoms. The summed E-state index contributed by atoms with van der Waals surface area (Å²) in [5.74, 6) is 0.267. The maximum atomic E-state index is 12.4. The van der Waals surface area contributed by atoms with E-state index >= 15 is 0 Å². The summed E-state index contributed by atoms with van der Waals surface area (Å²) in [5.41, 5.74) is 1.94. The molecule has 2 rings (SSSR count). The van der Waals surface area contributed by atoms with Crippen molar-refractivity contribution in [3.63, 3.8) is 0 Å². The van der Waals surface area contributed by atoms with E-state index in [-0.39, 0.29) is 17.4 Å². The van der Waals surface area contributed by atoms with E-state index in [9.17, 15) is 13.6 Å². The van der Waals surface area contributed by atoms with Gasteiger partial charge in [0, 0.05) is 20.0 Å². The monoisotopic (exact) mass is 369 g/mol. The van der Waals surface area contributed by atoms with E-state index in [0.717, 1.165) is 11.1 Å². The maximum absolute atomic E-state index is 12.4. The van der Waals surface area contributed by atoms with Crippen molar-refractivity contribution in [3.05, 3.63) is 46.2 Å². The van der Waals surface area contributed by atoms with Crippen LogP contribution in [0, 0.1) is 0 Å². The van der Waals surface area contributed by atoms with Crippen molar-refractivity contribution >= 4 is 17.2 Å². The van der Waals surface area contributed by atoms with Gasteiger partial charge in [-0.2, -0.15) is 20.1 Å². The average Bonchev–Trinajstić information content (AvgIpc) is 3.08. The lowest BCUT2D eigenvalue weighted by Gasteiger charge is -2.19. The van der Waals surface area contributed by atoms with Gasteiger partial charge in [-0.05, 0) is 53.4 Å². The standard InChI is InChI=1S/C18H21F2NO3S/c1-3-23-16-10-14(4-6-15(16)24-18(19)20)11-21(2)17(22)7-5-13-8-9-25-12-13/h4,6,8-10,12,18H,3,5,7,11H2,1-2H3. The Hall–Kier alpha value is -2.15. The van der Waals surface area contributed by atoms with Crippen molar-refractivity contribution in [2.45, 2.75) is 32.9 Å². The first-order valence-electron chi connectivity index (χ1n) is 7.95. The molecule has 0 unspecified atom stereocenters. The van der Waals surface area contributed by atoms with Gasteiger partial charge in [-0.25, -0.2) is 0 Å². The average molecular weight is 369 g/mol. The summed E-state index contributed by atoms with van der Waals surface area (Å²) in [6, 6.07) is 6.73. The van der Waals surface area contributed by atoms with Crippen molar-refractivity contribution in [2.24, 2.45) is 0 Å². The zero-order valence-corrected chi connectivity index (χ0v) is 15.0. The van der Waals surface area contributed by atoms with Crippen LogP contribution in [-0.2, 0) is 17.8 Å². The minimum atomic E-state index is -2.91. The molecule has 4 nitrogen and oxygen atoms in total. The van der Waals surface area contributed by atoms with Crippen LogP contribution in [0.4, 0.5) is 8.78 Å². The normalized spacial score (nSPS) is 10.8. The number of aryl methyl sites for hydroxylation is 1. The molecule has 7 heteroatoms. The van der Waals surface area contributed by atoms with Crippen LogP contribution in [0.25, 0.3) is 0 Å². The van der Waals surface area contributed by atoms with Crippen molar-refractivity contribution in [1.82, 2.24) is 4.90 Å². The number of thiophene rings is 1. The smallest absolute Gasteiger partial charge is 0.387 e. The van der Waals surface area contributed by atoms with Gasteiger partial charge in [0.2, 0.25) is 5.91 Å². The molecule has 0 saturated carbocycles. The number of ether oxygens (including phenoxy) is 2. The van der Waals surface area contributed by atoms with Crippen molar-refractivity contribution < 1.29 is 23.0 Å². The first-order valence-corrected chi connectivity index (χ1v) is 8.89. The van der Waals surface area contributed by atoms with Gasteiger partial charge in [-0.3, -0.25) is 4.79 Å². The van der Waals surface area contributed by atoms with Crippen molar-refractivity contribution in [1.29, 1.82) is 0 Å². The topological polar surface area (TPSA) is 38.8 Å². The van der Waals surface area contributed by atoms with Crippen LogP contribution in [0.15, 0.2) is 35.0 Å². The van der Waals surface area contributed by atoms with Gasteiger partial charge < -0.3 is 14.4 Å². The van der Waals surface area contributed by atoms with Crippen molar-refractivity contribution in [3.8, 4) is 11.5 Å². The van der Waals surface area contributed by atoms with Gasteiger partial charge in [0.15, 0.2) is 11.5 Å². The Balaban J connectivity index is 1.97. The molecular formula is C18H21F2NO3S. The molecule has 0 radical (unpaired) electrons. The van der Waals surface area contributed by atoms with E-state index in [2.05, 4.69) is 4.74 Å². The minimum Gasteiger partial charge on any atom is -0.490 e. The number of benzene rings is 1. The number of hydrogen-bond donors (Lipinski definition) is 0. The van der Waals surface area contributed by atoms with Gasteiger partial charge in [-0.1, -0.05) is 6.07 Å². The summed E-state index contributed by atoms with van der Waals surface area (Å²) >= 11 is 1.61. The Morgan fingerprint density at radius 3 is 2.68 bits per heavy atom. The molecule has 0 aliphatic rings. The second-order valence-electron chi connectivity index (χ2n) is 5.47. The summed E-state index contributed by atoms with van der Waals surface area (Å²) in [6.07, 6.45) is 1.14. The summed E-state index contributed by atoms with van der Waals surface area (Å²) < 4.78 is 34.7. The fourth-order valence-electron chi connectivity index (χ4n) is 2.35. The van der Waals surface area contributed by atoms with Crippen LogP contribution >= 0.6 is 11.3 Å². The molecule has 1 aromatic carbocycles. The summed E-state index contributed by atoms with van der Waals surface area (Å²) in [4.78, 5) is 13.9. The molecule has 2 aromatic rings. The number of rotatable bonds is 9. The highest BCUT2D eigenvalue weighted by Gasteiger charge is 2.14. The van der Waals surface area contributed by atoms with E-state index in [0.29, 0.717) is 26.0 Å². The molecule has 136 valence electrons. The molecule has 0 aliphatic heterocycles. The van der Waals surface area contributed by atoms with Gasteiger partial charge >= 0.3 is 6.61 Å². The Morgan fingerprint density at radius 1 is 1.24 bits per heavy atom. The Bertz CT molecular complexity index is 677. The lowest BCUT2D eigenvalue weighted by molar-refractivity contribution is -0.130. The number of carbonyl (C=O) groups excluding carboxylic acids is 1. The number of alkyl halides is 2. The van der Waals surface area contributed by atoms with Crippen LogP contribution in [0.5, 0.6) is 11.5 Å². The number of nitrogens with zero attached hydrogens (tertiary/aromatic N) is 1. The Kier molecular flexibility index (Phi) is 7.18. The third-order valence-corrected chi connectivity index (χ3v) is 4.31. The molecular weight excluding hydrogens is 348 g/mol. The Labute approximate surface area is 150 Å². The largest absolute Gasteiger partial charge is 0.490 e. The molecule has 0 atom stereocenters. The molecule has 0 aliphatic carbocycles. The van der Waals surface area contributed by atoms with Gasteiger partial charge in [0.25, 0.3) is 0 Å². The molecule has 1 aromatic heterocycles. The highest BCUT2D eigenvalue weighted by atomic mass is 32.1. The SMILES string of the molecule is CCOc1cc(CN(C)C(=O)CCc2ccsc2)ccc1OC(F)F. The first kappa shape index (κ1) is 19.2. The van der Waals surface area contributed by atoms with Crippen LogP contribution in [-0.4, -0.2) is 31.1 Å². The zero-order valence-electron chi connectivity index (χ0n) is 14.2. The van der Waals surface area contributed by atoms with E-state index < -0.39 is 6.61 Å². The fraction of sp³-hybridized carbons (Fsp3) is 0.389. The quantitative estimate of drug-likeness (QED) is 0.660. The number of halogens is 2. The highest BCUT2D eigenvalue weighted by molar-refractivity contribution is 7.07. The molecule has 1 amide bonds. The molecule has 1 heterocycles. The van der Waals surface area contributed by atoms with Crippen LogP contribution in [0.2, 0.25) is 0 Å². The second-order valence-corrected chi connectivity index (χ2v) is 6.25. The third kappa shape index (κ3) is 6.01. The lowest BCUT2D eigenvalue weighted by atomic mass is 10.1. The van der Waals surface area contributed by atoms with Crippen LogP contribution in [0.1, 0.15) is 24.5 Å².